The molecule has 2 aliphatic heterocycles. The van der Waals surface area contributed by atoms with Crippen LogP contribution in [0.2, 0.25) is 0 Å². The molecule has 0 radical (unpaired) electrons. The Morgan fingerprint density at radius 2 is 1.00 bits per heavy atom. The van der Waals surface area contributed by atoms with E-state index < -0.39 is 35.1 Å². The number of ether oxygens (including phenoxy) is 4. The van der Waals surface area contributed by atoms with Crippen LogP contribution >= 0.6 is 0 Å². The highest BCUT2D eigenvalue weighted by atomic mass is 16.5. The third kappa shape index (κ3) is 3.49. The number of methoxy groups -OCH3 is 4. The molecule has 2 aliphatic rings. The second kappa shape index (κ2) is 9.21. The first kappa shape index (κ1) is 26.6. The minimum Gasteiger partial charge on any atom is -0.465 e. The van der Waals surface area contributed by atoms with Crippen molar-refractivity contribution in [1.82, 2.24) is 4.90 Å². The van der Waals surface area contributed by atoms with E-state index >= 15 is 0 Å². The van der Waals surface area contributed by atoms with Gasteiger partial charge in [-0.1, -0.05) is 12.1 Å². The van der Waals surface area contributed by atoms with Crippen LogP contribution in [0.15, 0.2) is 46.8 Å². The molecule has 11 nitrogen and oxygen atoms in total. The van der Waals surface area contributed by atoms with Crippen LogP contribution < -0.4 is 9.80 Å². The third-order valence-electron chi connectivity index (χ3n) is 6.40. The molecule has 1 aromatic rings. The largest absolute Gasteiger partial charge is 0.465 e. The molecule has 0 fully saturated rings. The Morgan fingerprint density at radius 1 is 0.667 bits per heavy atom. The number of carbonyl (C=O) groups is 4. The summed E-state index contributed by atoms with van der Waals surface area (Å²) < 4.78 is 20.5. The van der Waals surface area contributed by atoms with Gasteiger partial charge >= 0.3 is 23.9 Å². The van der Waals surface area contributed by atoms with Gasteiger partial charge in [0.25, 0.3) is 0 Å². The lowest BCUT2D eigenvalue weighted by atomic mass is 9.80. The van der Waals surface area contributed by atoms with E-state index in [0.717, 1.165) is 14.2 Å². The number of para-hydroxylation sites is 2. The average Bonchev–Trinajstić information content (AvgIpc) is 3.07. The zero-order valence-corrected chi connectivity index (χ0v) is 21.9. The van der Waals surface area contributed by atoms with Crippen LogP contribution in [0, 0.1) is 0 Å². The van der Waals surface area contributed by atoms with E-state index in [2.05, 4.69) is 0 Å². The van der Waals surface area contributed by atoms with Crippen LogP contribution in [-0.4, -0.2) is 82.5 Å². The number of nitrogens with zero attached hydrogens (tertiary/aromatic N) is 3. The van der Waals surface area contributed by atoms with Gasteiger partial charge in [0.05, 0.1) is 39.8 Å². The van der Waals surface area contributed by atoms with Crippen molar-refractivity contribution in [3.8, 4) is 0 Å². The Hall–Kier alpha value is -4.02. The molecular formula is C25H31N3O8. The number of fused-ring (bicyclic) bond motifs is 1. The summed E-state index contributed by atoms with van der Waals surface area (Å²) in [6.45, 7) is 5.12. The Balaban J connectivity index is 2.70. The van der Waals surface area contributed by atoms with Gasteiger partial charge in [-0.2, -0.15) is 0 Å². The van der Waals surface area contributed by atoms with Crippen molar-refractivity contribution in [2.75, 3.05) is 52.3 Å². The summed E-state index contributed by atoms with van der Waals surface area (Å²) >= 11 is 0. The summed E-state index contributed by atoms with van der Waals surface area (Å²) in [5.41, 5.74) is -2.58. The Labute approximate surface area is 209 Å². The minimum atomic E-state index is -1.83. The van der Waals surface area contributed by atoms with E-state index in [1.807, 2.05) is 0 Å². The van der Waals surface area contributed by atoms with Gasteiger partial charge in [0, 0.05) is 19.6 Å². The van der Waals surface area contributed by atoms with Crippen molar-refractivity contribution in [2.45, 2.75) is 32.0 Å². The number of benzene rings is 1. The van der Waals surface area contributed by atoms with E-state index in [4.69, 9.17) is 18.9 Å². The summed E-state index contributed by atoms with van der Waals surface area (Å²) in [4.78, 5) is 58.6. The van der Waals surface area contributed by atoms with E-state index in [1.165, 1.54) is 19.1 Å². The third-order valence-corrected chi connectivity index (χ3v) is 6.40. The standard InChI is InChI=1S/C25H31N3O8/c1-24(2,3)28-18(22(31)35-8)16(20(29)33-6)25(17(21(30)34-7)19(28)23(32)36-9)26(4)14-12-10-11-13-15(14)27(25)5/h10-13H,1-9H3. The summed E-state index contributed by atoms with van der Waals surface area (Å²) in [5.74, 6) is -3.62. The van der Waals surface area contributed by atoms with Crippen LogP contribution in [-0.2, 0) is 38.1 Å². The summed E-state index contributed by atoms with van der Waals surface area (Å²) in [6, 6.07) is 7.15. The van der Waals surface area contributed by atoms with Gasteiger partial charge in [-0.05, 0) is 32.9 Å². The molecule has 11 heteroatoms. The molecule has 0 aliphatic carbocycles. The van der Waals surface area contributed by atoms with Gasteiger partial charge in [-0.25, -0.2) is 19.2 Å². The normalized spacial score (nSPS) is 16.8. The molecule has 194 valence electrons. The number of rotatable bonds is 4. The maximum Gasteiger partial charge on any atom is 0.355 e. The Kier molecular flexibility index (Phi) is 6.80. The maximum absolute atomic E-state index is 13.6. The maximum atomic E-state index is 13.6. The molecule has 0 N–H and O–H groups in total. The monoisotopic (exact) mass is 501 g/mol. The lowest BCUT2D eigenvalue weighted by Gasteiger charge is -2.51. The van der Waals surface area contributed by atoms with Gasteiger partial charge in [-0.15, -0.1) is 0 Å². The predicted molar refractivity (Wildman–Crippen MR) is 130 cm³/mol. The molecule has 36 heavy (non-hydrogen) atoms. The molecule has 3 rings (SSSR count). The molecule has 0 unspecified atom stereocenters. The zero-order chi connectivity index (χ0) is 27.2. The number of hydrogen-bond acceptors (Lipinski definition) is 11. The number of esters is 4. The second-order valence-corrected chi connectivity index (χ2v) is 9.20. The van der Waals surface area contributed by atoms with Crippen molar-refractivity contribution in [1.29, 1.82) is 0 Å². The van der Waals surface area contributed by atoms with Gasteiger partial charge in [0.15, 0.2) is 5.66 Å². The summed E-state index contributed by atoms with van der Waals surface area (Å²) in [6.07, 6.45) is 0. The highest BCUT2D eigenvalue weighted by Crippen LogP contribution is 2.55. The molecule has 1 aromatic carbocycles. The van der Waals surface area contributed by atoms with Crippen molar-refractivity contribution >= 4 is 35.3 Å². The SMILES string of the molecule is COC(=O)C1=C(C(=O)OC)C2(C(C(=O)OC)=C(C(=O)OC)N1C(C)(C)C)N(C)c1ccccc1N2C. The molecule has 2 heterocycles. The summed E-state index contributed by atoms with van der Waals surface area (Å²) in [7, 11) is 7.94. The fourth-order valence-electron chi connectivity index (χ4n) is 5.00. The first-order valence-corrected chi connectivity index (χ1v) is 11.1. The van der Waals surface area contributed by atoms with Crippen LogP contribution in [0.25, 0.3) is 0 Å². The second-order valence-electron chi connectivity index (χ2n) is 9.20. The first-order valence-electron chi connectivity index (χ1n) is 11.1. The van der Waals surface area contributed by atoms with Gasteiger partial charge < -0.3 is 33.6 Å². The van der Waals surface area contributed by atoms with Gasteiger partial charge in [-0.3, -0.25) is 0 Å². The molecule has 0 amide bonds. The average molecular weight is 502 g/mol. The molecule has 1 spiro atoms. The highest BCUT2D eigenvalue weighted by molar-refractivity contribution is 6.14. The van der Waals surface area contributed by atoms with Crippen molar-refractivity contribution in [3.63, 3.8) is 0 Å². The van der Waals surface area contributed by atoms with E-state index in [-0.39, 0.29) is 22.5 Å². The Morgan fingerprint density at radius 3 is 1.28 bits per heavy atom. The van der Waals surface area contributed by atoms with E-state index in [0.29, 0.717) is 11.4 Å². The number of anilines is 2. The highest BCUT2D eigenvalue weighted by Gasteiger charge is 2.64. The molecule has 0 bridgehead atoms. The van der Waals surface area contributed by atoms with Gasteiger partial charge in [0.2, 0.25) is 0 Å². The van der Waals surface area contributed by atoms with Crippen LogP contribution in [0.5, 0.6) is 0 Å². The number of carbonyl (C=O) groups excluding carboxylic acids is 4. The van der Waals surface area contributed by atoms with Gasteiger partial charge in [0.1, 0.15) is 22.5 Å². The zero-order valence-electron chi connectivity index (χ0n) is 21.9. The topological polar surface area (TPSA) is 115 Å². The fraction of sp³-hybridized carbons (Fsp3) is 0.440. The Bertz CT molecular complexity index is 1110. The molecule has 0 saturated carbocycles. The smallest absolute Gasteiger partial charge is 0.355 e. The number of hydrogen-bond donors (Lipinski definition) is 0. The number of likely N-dealkylation sites (N-methyl/N-ethyl adjacent to an activating group) is 2. The van der Waals surface area contributed by atoms with E-state index in [1.54, 1.807) is 68.9 Å². The first-order chi connectivity index (χ1) is 16.9. The van der Waals surface area contributed by atoms with Crippen molar-refractivity contribution < 1.29 is 38.1 Å². The fourth-order valence-corrected chi connectivity index (χ4v) is 5.00. The van der Waals surface area contributed by atoms with Crippen LogP contribution in [0.4, 0.5) is 11.4 Å². The summed E-state index contributed by atoms with van der Waals surface area (Å²) in [5, 5.41) is 0. The molecule has 0 aromatic heterocycles. The van der Waals surface area contributed by atoms with Crippen LogP contribution in [0.1, 0.15) is 20.8 Å². The van der Waals surface area contributed by atoms with Crippen LogP contribution in [0.3, 0.4) is 0 Å². The minimum absolute atomic E-state index is 0.221. The lowest BCUT2D eigenvalue weighted by Crippen LogP contribution is -2.66. The van der Waals surface area contributed by atoms with Crippen molar-refractivity contribution in [2.24, 2.45) is 0 Å². The predicted octanol–water partition coefficient (Wildman–Crippen LogP) is 1.58. The molecular weight excluding hydrogens is 470 g/mol. The molecule has 0 atom stereocenters. The quantitative estimate of drug-likeness (QED) is 0.442. The van der Waals surface area contributed by atoms with E-state index in [9.17, 15) is 19.2 Å². The molecule has 0 saturated heterocycles. The van der Waals surface area contributed by atoms with Crippen molar-refractivity contribution in [3.05, 3.63) is 46.8 Å². The lowest BCUT2D eigenvalue weighted by molar-refractivity contribution is -0.146.